The van der Waals surface area contributed by atoms with E-state index in [2.05, 4.69) is 30.0 Å². The molecule has 2 aromatic rings. The van der Waals surface area contributed by atoms with Gasteiger partial charge >= 0.3 is 6.16 Å². The minimum Gasteiger partial charge on any atom is -0.496 e. The van der Waals surface area contributed by atoms with Crippen LogP contribution in [0.2, 0.25) is 0 Å². The zero-order valence-corrected chi connectivity index (χ0v) is 18.3. The summed E-state index contributed by atoms with van der Waals surface area (Å²) in [7, 11) is 1.68. The second kappa shape index (κ2) is 9.02. The molecule has 0 atom stereocenters. The average molecular weight is 424 g/mol. The standard InChI is InChI=1S/C25H29NO5/c1-16-4-5-20(24(10-16)29-3)15-30-21-8-9-23-17(2)19(7-6-18(23)11-21)12-26-13-22(14-26)31-25(27)28/h4-5,8-11,22H,6-7,12-15H2,1-3H3,(H,27,28). The summed E-state index contributed by atoms with van der Waals surface area (Å²) in [5.41, 5.74) is 7.51. The smallest absolute Gasteiger partial charge is 0.496 e. The molecule has 6 nitrogen and oxygen atoms in total. The number of carboxylic acid groups (broad SMARTS) is 1. The van der Waals surface area contributed by atoms with Crippen molar-refractivity contribution in [1.82, 2.24) is 4.90 Å². The van der Waals surface area contributed by atoms with E-state index in [9.17, 15) is 4.79 Å². The van der Waals surface area contributed by atoms with Gasteiger partial charge in [-0.05, 0) is 67.2 Å². The third-order valence-corrected chi connectivity index (χ3v) is 6.15. The number of ether oxygens (including phenoxy) is 3. The normalized spacial score (nSPS) is 16.5. The largest absolute Gasteiger partial charge is 0.506 e. The van der Waals surface area contributed by atoms with Crippen LogP contribution in [0.15, 0.2) is 42.0 Å². The minimum absolute atomic E-state index is 0.193. The molecule has 1 fully saturated rings. The third kappa shape index (κ3) is 4.85. The molecule has 1 heterocycles. The maximum Gasteiger partial charge on any atom is 0.506 e. The molecule has 1 aliphatic carbocycles. The first-order valence-electron chi connectivity index (χ1n) is 10.6. The lowest BCUT2D eigenvalue weighted by Crippen LogP contribution is -2.53. The van der Waals surface area contributed by atoms with Gasteiger partial charge in [0.05, 0.1) is 7.11 Å². The highest BCUT2D eigenvalue weighted by Gasteiger charge is 2.31. The van der Waals surface area contributed by atoms with Crippen LogP contribution in [0.25, 0.3) is 5.57 Å². The third-order valence-electron chi connectivity index (χ3n) is 6.15. The number of carbonyl (C=O) groups is 1. The lowest BCUT2D eigenvalue weighted by atomic mass is 9.85. The van der Waals surface area contributed by atoms with Gasteiger partial charge in [0.1, 0.15) is 24.2 Å². The van der Waals surface area contributed by atoms with E-state index in [0.717, 1.165) is 42.0 Å². The molecule has 1 aliphatic heterocycles. The second-order valence-electron chi connectivity index (χ2n) is 8.35. The van der Waals surface area contributed by atoms with Gasteiger partial charge in [-0.2, -0.15) is 0 Å². The molecule has 1 N–H and O–H groups in total. The summed E-state index contributed by atoms with van der Waals surface area (Å²) >= 11 is 0. The van der Waals surface area contributed by atoms with Crippen LogP contribution in [0.1, 0.15) is 35.6 Å². The highest BCUT2D eigenvalue weighted by Crippen LogP contribution is 2.34. The van der Waals surface area contributed by atoms with Crippen molar-refractivity contribution in [3.8, 4) is 11.5 Å². The molecule has 2 aliphatic rings. The highest BCUT2D eigenvalue weighted by atomic mass is 16.7. The molecule has 0 spiro atoms. The molecule has 0 radical (unpaired) electrons. The van der Waals surface area contributed by atoms with E-state index >= 15 is 0 Å². The first kappa shape index (κ1) is 21.2. The molecular weight excluding hydrogens is 394 g/mol. The van der Waals surface area contributed by atoms with Crippen LogP contribution in [0.5, 0.6) is 11.5 Å². The number of benzene rings is 2. The van der Waals surface area contributed by atoms with Gasteiger partial charge in [-0.3, -0.25) is 4.90 Å². The second-order valence-corrected chi connectivity index (χ2v) is 8.35. The first-order valence-corrected chi connectivity index (χ1v) is 10.6. The molecule has 1 saturated heterocycles. The summed E-state index contributed by atoms with van der Waals surface area (Å²) in [6.07, 6.45) is 0.608. The molecule has 0 bridgehead atoms. The molecule has 31 heavy (non-hydrogen) atoms. The number of hydrogen-bond donors (Lipinski definition) is 1. The van der Waals surface area contributed by atoms with Crippen LogP contribution in [0, 0.1) is 6.92 Å². The minimum atomic E-state index is -1.19. The van der Waals surface area contributed by atoms with E-state index in [4.69, 9.17) is 19.3 Å². The Labute approximate surface area is 183 Å². The molecule has 4 rings (SSSR count). The lowest BCUT2D eigenvalue weighted by molar-refractivity contribution is -0.0292. The quantitative estimate of drug-likeness (QED) is 0.652. The zero-order chi connectivity index (χ0) is 22.0. The van der Waals surface area contributed by atoms with Gasteiger partial charge < -0.3 is 19.3 Å². The van der Waals surface area contributed by atoms with Crippen LogP contribution in [0.4, 0.5) is 4.79 Å². The van der Waals surface area contributed by atoms with Crippen molar-refractivity contribution in [2.75, 3.05) is 26.7 Å². The summed E-state index contributed by atoms with van der Waals surface area (Å²) in [6.45, 7) is 6.91. The van der Waals surface area contributed by atoms with Crippen molar-refractivity contribution >= 4 is 11.7 Å². The van der Waals surface area contributed by atoms with Crippen LogP contribution >= 0.6 is 0 Å². The number of hydrogen-bond acceptors (Lipinski definition) is 5. The maximum absolute atomic E-state index is 10.6. The fourth-order valence-electron chi connectivity index (χ4n) is 4.36. The van der Waals surface area contributed by atoms with Gasteiger partial charge in [-0.1, -0.05) is 23.8 Å². The van der Waals surface area contributed by atoms with E-state index in [1.165, 1.54) is 22.3 Å². The van der Waals surface area contributed by atoms with E-state index in [0.29, 0.717) is 19.7 Å². The Bertz CT molecular complexity index is 1010. The van der Waals surface area contributed by atoms with E-state index in [-0.39, 0.29) is 6.10 Å². The van der Waals surface area contributed by atoms with Crippen LogP contribution in [0.3, 0.4) is 0 Å². The molecular formula is C25H29NO5. The fourth-order valence-corrected chi connectivity index (χ4v) is 4.36. The number of aryl methyl sites for hydroxylation is 2. The van der Waals surface area contributed by atoms with Crippen molar-refractivity contribution < 1.29 is 24.1 Å². The Hall–Kier alpha value is -2.99. The Morgan fingerprint density at radius 1 is 1.13 bits per heavy atom. The number of likely N-dealkylation sites (tertiary alicyclic amines) is 1. The Morgan fingerprint density at radius 2 is 1.94 bits per heavy atom. The van der Waals surface area contributed by atoms with Gasteiger partial charge in [-0.15, -0.1) is 0 Å². The topological polar surface area (TPSA) is 68.2 Å². The number of allylic oxidation sites excluding steroid dienone is 1. The van der Waals surface area contributed by atoms with Gasteiger partial charge in [0.2, 0.25) is 0 Å². The number of methoxy groups -OCH3 is 1. The Balaban J connectivity index is 1.39. The molecule has 0 unspecified atom stereocenters. The van der Waals surface area contributed by atoms with Crippen molar-refractivity contribution in [3.05, 3.63) is 64.2 Å². The number of rotatable bonds is 7. The van der Waals surface area contributed by atoms with Gasteiger partial charge in [0.15, 0.2) is 0 Å². The van der Waals surface area contributed by atoms with E-state index in [1.807, 2.05) is 25.1 Å². The molecule has 164 valence electrons. The molecule has 6 heteroatoms. The predicted octanol–water partition coefficient (Wildman–Crippen LogP) is 4.68. The summed E-state index contributed by atoms with van der Waals surface area (Å²) in [5.74, 6) is 1.72. The summed E-state index contributed by atoms with van der Waals surface area (Å²) in [5, 5.41) is 8.70. The highest BCUT2D eigenvalue weighted by molar-refractivity contribution is 5.72. The molecule has 0 saturated carbocycles. The van der Waals surface area contributed by atoms with Gasteiger partial charge in [-0.25, -0.2) is 4.79 Å². The zero-order valence-electron chi connectivity index (χ0n) is 18.3. The Morgan fingerprint density at radius 3 is 2.68 bits per heavy atom. The van der Waals surface area contributed by atoms with E-state index < -0.39 is 6.16 Å². The predicted molar refractivity (Wildman–Crippen MR) is 119 cm³/mol. The van der Waals surface area contributed by atoms with E-state index in [1.54, 1.807) is 7.11 Å². The van der Waals surface area contributed by atoms with Crippen LogP contribution < -0.4 is 9.47 Å². The maximum atomic E-state index is 10.6. The fraction of sp³-hybridized carbons (Fsp3) is 0.400. The number of nitrogens with zero attached hydrogens (tertiary/aromatic N) is 1. The average Bonchev–Trinajstić information content (AvgIpc) is 2.72. The van der Waals surface area contributed by atoms with Crippen LogP contribution in [-0.2, 0) is 17.8 Å². The van der Waals surface area contributed by atoms with Crippen molar-refractivity contribution in [2.24, 2.45) is 0 Å². The lowest BCUT2D eigenvalue weighted by Gasteiger charge is -2.39. The molecule has 0 aromatic heterocycles. The van der Waals surface area contributed by atoms with Crippen LogP contribution in [-0.4, -0.2) is 49.0 Å². The van der Waals surface area contributed by atoms with Gasteiger partial charge in [0.25, 0.3) is 0 Å². The first-order chi connectivity index (χ1) is 14.9. The summed E-state index contributed by atoms with van der Waals surface area (Å²) in [4.78, 5) is 12.9. The Kier molecular flexibility index (Phi) is 6.18. The number of fused-ring (bicyclic) bond motifs is 1. The van der Waals surface area contributed by atoms with Crippen molar-refractivity contribution in [2.45, 2.75) is 39.4 Å². The van der Waals surface area contributed by atoms with Gasteiger partial charge in [0, 0.05) is 25.2 Å². The van der Waals surface area contributed by atoms with Crippen molar-refractivity contribution in [3.63, 3.8) is 0 Å². The van der Waals surface area contributed by atoms with Crippen molar-refractivity contribution in [1.29, 1.82) is 0 Å². The summed E-state index contributed by atoms with van der Waals surface area (Å²) < 4.78 is 16.4. The molecule has 0 amide bonds. The monoisotopic (exact) mass is 423 g/mol. The SMILES string of the molecule is COc1cc(C)ccc1COc1ccc2c(c1)CCC(CN1CC(OC(=O)O)C1)=C2C. The summed E-state index contributed by atoms with van der Waals surface area (Å²) in [6, 6.07) is 12.5. The molecule has 2 aromatic carbocycles.